The highest BCUT2D eigenvalue weighted by molar-refractivity contribution is 7.80. The SMILES string of the molecule is C=C(C(CC)OC(=O)c1ccccc1P(c1ccccc1)c1ccccc1)C(C)(C)C. The number of carbonyl (C=O) groups is 1. The molecule has 160 valence electrons. The van der Waals surface area contributed by atoms with Crippen LogP contribution in [-0.4, -0.2) is 12.1 Å². The van der Waals surface area contributed by atoms with Gasteiger partial charge in [0.05, 0.1) is 5.56 Å². The number of hydrogen-bond acceptors (Lipinski definition) is 2. The minimum absolute atomic E-state index is 0.124. The second-order valence-corrected chi connectivity index (χ2v) is 10.8. The fourth-order valence-electron chi connectivity index (χ4n) is 3.50. The molecule has 0 saturated heterocycles. The molecule has 0 radical (unpaired) electrons. The molecule has 0 aliphatic carbocycles. The lowest BCUT2D eigenvalue weighted by Gasteiger charge is -2.29. The molecule has 0 N–H and O–H groups in total. The van der Waals surface area contributed by atoms with Crippen LogP contribution < -0.4 is 15.9 Å². The Kier molecular flexibility index (Phi) is 7.46. The van der Waals surface area contributed by atoms with Crippen LogP contribution in [0.3, 0.4) is 0 Å². The van der Waals surface area contributed by atoms with Crippen LogP contribution in [0, 0.1) is 5.41 Å². The van der Waals surface area contributed by atoms with E-state index in [9.17, 15) is 4.79 Å². The van der Waals surface area contributed by atoms with E-state index in [1.165, 1.54) is 10.6 Å². The van der Waals surface area contributed by atoms with Crippen molar-refractivity contribution in [1.29, 1.82) is 0 Å². The molecule has 2 nitrogen and oxygen atoms in total. The van der Waals surface area contributed by atoms with Gasteiger partial charge in [-0.15, -0.1) is 0 Å². The third-order valence-electron chi connectivity index (χ3n) is 5.37. The second-order valence-electron chi connectivity index (χ2n) is 8.60. The summed E-state index contributed by atoms with van der Waals surface area (Å²) in [4.78, 5) is 13.4. The molecule has 0 heterocycles. The van der Waals surface area contributed by atoms with Gasteiger partial charge < -0.3 is 4.74 Å². The van der Waals surface area contributed by atoms with Crippen LogP contribution >= 0.6 is 7.92 Å². The van der Waals surface area contributed by atoms with Gasteiger partial charge in [-0.2, -0.15) is 0 Å². The Labute approximate surface area is 187 Å². The van der Waals surface area contributed by atoms with Gasteiger partial charge in [0.25, 0.3) is 0 Å². The van der Waals surface area contributed by atoms with Crippen LogP contribution in [0.1, 0.15) is 44.5 Å². The highest BCUT2D eigenvalue weighted by Gasteiger charge is 2.28. The van der Waals surface area contributed by atoms with Crippen LogP contribution in [0.15, 0.2) is 97.1 Å². The Hall–Kier alpha value is -2.70. The Morgan fingerprint density at radius 1 is 0.871 bits per heavy atom. The number of carbonyl (C=O) groups excluding carboxylic acids is 1. The van der Waals surface area contributed by atoms with E-state index in [1.54, 1.807) is 0 Å². The number of esters is 1. The van der Waals surface area contributed by atoms with Crippen molar-refractivity contribution in [3.8, 4) is 0 Å². The topological polar surface area (TPSA) is 26.3 Å². The summed E-state index contributed by atoms with van der Waals surface area (Å²) in [6.45, 7) is 12.6. The fraction of sp³-hybridized carbons (Fsp3) is 0.250. The van der Waals surface area contributed by atoms with Crippen LogP contribution in [-0.2, 0) is 4.74 Å². The molecule has 1 unspecified atom stereocenters. The standard InChI is InChI=1S/C28H31O2P/c1-6-25(21(2)28(3,4)5)30-27(29)24-19-13-14-20-26(24)31(22-15-9-7-10-16-22)23-17-11-8-12-18-23/h7-20,25H,2,6H2,1,3-5H3. The Bertz CT molecular complexity index is 980. The predicted octanol–water partition coefficient (Wildman–Crippen LogP) is 5.98. The van der Waals surface area contributed by atoms with E-state index in [-0.39, 0.29) is 17.5 Å². The van der Waals surface area contributed by atoms with Crippen LogP contribution in [0.5, 0.6) is 0 Å². The summed E-state index contributed by atoms with van der Waals surface area (Å²) >= 11 is 0. The summed E-state index contributed by atoms with van der Waals surface area (Å²) in [7, 11) is -0.890. The lowest BCUT2D eigenvalue weighted by molar-refractivity contribution is 0.0338. The van der Waals surface area contributed by atoms with E-state index in [0.717, 1.165) is 10.9 Å². The minimum Gasteiger partial charge on any atom is -0.454 e. The quantitative estimate of drug-likeness (QED) is 0.262. The van der Waals surface area contributed by atoms with E-state index in [2.05, 4.69) is 81.9 Å². The number of rotatable bonds is 7. The summed E-state index contributed by atoms with van der Waals surface area (Å²) in [5, 5.41) is 3.42. The molecule has 0 aromatic heterocycles. The van der Waals surface area contributed by atoms with Crippen molar-refractivity contribution in [2.75, 3.05) is 0 Å². The molecule has 0 fully saturated rings. The molecule has 3 aromatic carbocycles. The first-order valence-corrected chi connectivity index (χ1v) is 12.1. The third kappa shape index (κ3) is 5.51. The van der Waals surface area contributed by atoms with E-state index in [1.807, 2.05) is 37.3 Å². The van der Waals surface area contributed by atoms with Crippen molar-refractivity contribution >= 4 is 29.8 Å². The number of benzene rings is 3. The lowest BCUT2D eigenvalue weighted by Crippen LogP contribution is -2.30. The summed E-state index contributed by atoms with van der Waals surface area (Å²) in [5.74, 6) is -0.285. The Balaban J connectivity index is 2.03. The van der Waals surface area contributed by atoms with E-state index >= 15 is 0 Å². The van der Waals surface area contributed by atoms with Gasteiger partial charge in [-0.25, -0.2) is 4.79 Å². The van der Waals surface area contributed by atoms with Crippen LogP contribution in [0.4, 0.5) is 0 Å². The van der Waals surface area contributed by atoms with Gasteiger partial charge in [-0.1, -0.05) is 113 Å². The van der Waals surface area contributed by atoms with Crippen LogP contribution in [0.25, 0.3) is 0 Å². The predicted molar refractivity (Wildman–Crippen MR) is 133 cm³/mol. The van der Waals surface area contributed by atoms with Gasteiger partial charge in [0, 0.05) is 0 Å². The van der Waals surface area contributed by atoms with Gasteiger partial charge in [0.15, 0.2) is 0 Å². The summed E-state index contributed by atoms with van der Waals surface area (Å²) in [5.41, 5.74) is 1.44. The zero-order valence-electron chi connectivity index (χ0n) is 18.8. The molecule has 0 aliphatic heterocycles. The molecular weight excluding hydrogens is 399 g/mol. The molecule has 0 bridgehead atoms. The zero-order chi connectivity index (χ0) is 22.4. The summed E-state index contributed by atoms with van der Waals surface area (Å²) in [6, 6.07) is 28.6. The molecule has 3 aromatic rings. The summed E-state index contributed by atoms with van der Waals surface area (Å²) < 4.78 is 6.01. The van der Waals surface area contributed by atoms with Crippen molar-refractivity contribution in [2.24, 2.45) is 5.41 Å². The highest BCUT2D eigenvalue weighted by Crippen LogP contribution is 2.35. The van der Waals surface area contributed by atoms with Gasteiger partial charge in [-0.3, -0.25) is 0 Å². The molecule has 0 amide bonds. The first-order chi connectivity index (χ1) is 14.8. The van der Waals surface area contributed by atoms with Gasteiger partial charge >= 0.3 is 5.97 Å². The van der Waals surface area contributed by atoms with Gasteiger partial charge in [0.2, 0.25) is 0 Å². The second kappa shape index (κ2) is 10.1. The molecule has 31 heavy (non-hydrogen) atoms. The smallest absolute Gasteiger partial charge is 0.339 e. The monoisotopic (exact) mass is 430 g/mol. The van der Waals surface area contributed by atoms with Crippen molar-refractivity contribution in [1.82, 2.24) is 0 Å². The first-order valence-electron chi connectivity index (χ1n) is 10.7. The Morgan fingerprint density at radius 3 is 1.84 bits per heavy atom. The van der Waals surface area contributed by atoms with Crippen molar-refractivity contribution in [3.63, 3.8) is 0 Å². The maximum absolute atomic E-state index is 13.4. The van der Waals surface area contributed by atoms with Gasteiger partial charge in [0.1, 0.15) is 6.10 Å². The molecule has 0 aliphatic rings. The van der Waals surface area contributed by atoms with E-state index in [0.29, 0.717) is 12.0 Å². The van der Waals surface area contributed by atoms with Crippen molar-refractivity contribution < 1.29 is 9.53 Å². The molecule has 0 spiro atoms. The molecule has 0 saturated carbocycles. The van der Waals surface area contributed by atoms with Gasteiger partial charge in [-0.05, 0) is 47.3 Å². The van der Waals surface area contributed by atoms with Crippen molar-refractivity contribution in [2.45, 2.75) is 40.2 Å². The lowest BCUT2D eigenvalue weighted by atomic mass is 9.83. The van der Waals surface area contributed by atoms with E-state index in [4.69, 9.17) is 4.74 Å². The normalized spacial score (nSPS) is 12.4. The molecular formula is C28H31O2P. The largest absolute Gasteiger partial charge is 0.454 e. The summed E-state index contributed by atoms with van der Waals surface area (Å²) in [6.07, 6.45) is 0.399. The van der Waals surface area contributed by atoms with E-state index < -0.39 is 7.92 Å². The highest BCUT2D eigenvalue weighted by atomic mass is 31.1. The maximum atomic E-state index is 13.4. The zero-order valence-corrected chi connectivity index (χ0v) is 19.7. The molecule has 1 atom stereocenters. The van der Waals surface area contributed by atoms with Crippen LogP contribution in [0.2, 0.25) is 0 Å². The molecule has 3 heteroatoms. The average molecular weight is 431 g/mol. The number of hydrogen-bond donors (Lipinski definition) is 0. The third-order valence-corrected chi connectivity index (χ3v) is 7.87. The fourth-order valence-corrected chi connectivity index (χ4v) is 5.94. The molecule has 3 rings (SSSR count). The average Bonchev–Trinajstić information content (AvgIpc) is 2.78. The first kappa shape index (κ1) is 23.0. The number of ether oxygens (including phenoxy) is 1. The van der Waals surface area contributed by atoms with Crippen molar-refractivity contribution in [3.05, 3.63) is 103 Å². The Morgan fingerprint density at radius 2 is 1.35 bits per heavy atom. The maximum Gasteiger partial charge on any atom is 0.339 e. The minimum atomic E-state index is -0.890.